The number of aromatic nitrogens is 3. The first-order chi connectivity index (χ1) is 26.0. The molecule has 1 N–H and O–H groups in total. The van der Waals surface area contributed by atoms with E-state index in [4.69, 9.17) is 9.97 Å². The first-order valence-electron chi connectivity index (χ1n) is 18.6. The SMILES string of the molecule is CC(C)(C)c1ccc(-n2c(-c3cccc(C(C)(C)C)c3O)nc3c(-c4cccc(-c5cc(-c6ccccc6)ccn5)c4)cccc32)c(-c2ccccc2)c1. The molecule has 0 saturated heterocycles. The number of rotatable bonds is 6. The van der Waals surface area contributed by atoms with Crippen molar-refractivity contribution in [1.82, 2.24) is 14.5 Å². The molecule has 0 amide bonds. The molecule has 0 saturated carbocycles. The summed E-state index contributed by atoms with van der Waals surface area (Å²) in [6.45, 7) is 13.1. The lowest BCUT2D eigenvalue weighted by Gasteiger charge is -2.24. The van der Waals surface area contributed by atoms with Crippen LogP contribution in [0, 0.1) is 0 Å². The molecule has 0 fully saturated rings. The monoisotopic (exact) mass is 703 g/mol. The quantitative estimate of drug-likeness (QED) is 0.188. The van der Waals surface area contributed by atoms with Gasteiger partial charge in [-0.25, -0.2) is 4.98 Å². The number of hydrogen-bond donors (Lipinski definition) is 1. The van der Waals surface area contributed by atoms with Gasteiger partial charge in [-0.15, -0.1) is 0 Å². The first kappa shape index (κ1) is 34.8. The fourth-order valence-corrected chi connectivity index (χ4v) is 7.38. The number of nitrogens with zero attached hydrogens (tertiary/aromatic N) is 3. The maximum absolute atomic E-state index is 12.0. The van der Waals surface area contributed by atoms with E-state index >= 15 is 0 Å². The molecular weight excluding hydrogens is 659 g/mol. The number of phenolic OH excluding ortho intramolecular Hbond substituents is 1. The summed E-state index contributed by atoms with van der Waals surface area (Å²) in [4.78, 5) is 10.3. The average Bonchev–Trinajstić information content (AvgIpc) is 3.57. The number of fused-ring (bicyclic) bond motifs is 1. The van der Waals surface area contributed by atoms with Crippen LogP contribution in [-0.2, 0) is 10.8 Å². The van der Waals surface area contributed by atoms with Crippen LogP contribution in [0.2, 0.25) is 0 Å². The smallest absolute Gasteiger partial charge is 0.149 e. The van der Waals surface area contributed by atoms with E-state index in [1.807, 2.05) is 30.5 Å². The van der Waals surface area contributed by atoms with Crippen LogP contribution in [-0.4, -0.2) is 19.6 Å². The molecule has 0 aliphatic heterocycles. The Morgan fingerprint density at radius 3 is 1.87 bits per heavy atom. The summed E-state index contributed by atoms with van der Waals surface area (Å²) in [6.07, 6.45) is 1.88. The fourth-order valence-electron chi connectivity index (χ4n) is 7.38. The topological polar surface area (TPSA) is 50.9 Å². The standard InChI is InChI=1S/C50H45N3O/c1-49(2,3)38-26-27-44(41(32-38)34-18-11-8-12-19-34)53-45-25-15-22-39(46(45)52-48(53)40-23-14-24-42(47(40)54)50(4,5)6)36-20-13-21-37(30-36)43-31-35(28-29-51-43)33-16-9-7-10-17-33/h7-32,54H,1-6H3. The van der Waals surface area contributed by atoms with Crippen molar-refractivity contribution in [1.29, 1.82) is 0 Å². The molecule has 4 nitrogen and oxygen atoms in total. The molecule has 8 aromatic rings. The molecule has 4 heteroatoms. The Morgan fingerprint density at radius 2 is 1.15 bits per heavy atom. The van der Waals surface area contributed by atoms with Gasteiger partial charge in [0, 0.05) is 22.9 Å². The van der Waals surface area contributed by atoms with Crippen molar-refractivity contribution in [2.45, 2.75) is 52.4 Å². The van der Waals surface area contributed by atoms with Crippen LogP contribution in [0.3, 0.4) is 0 Å². The van der Waals surface area contributed by atoms with Crippen molar-refractivity contribution in [2.75, 3.05) is 0 Å². The number of pyridine rings is 1. The van der Waals surface area contributed by atoms with Gasteiger partial charge in [-0.1, -0.05) is 151 Å². The van der Waals surface area contributed by atoms with E-state index in [0.717, 1.165) is 66.9 Å². The van der Waals surface area contributed by atoms with Crippen molar-refractivity contribution in [2.24, 2.45) is 0 Å². The molecule has 0 unspecified atom stereocenters. The number of para-hydroxylation sites is 2. The van der Waals surface area contributed by atoms with Gasteiger partial charge < -0.3 is 5.11 Å². The Hall–Kier alpha value is -6.26. The Morgan fingerprint density at radius 1 is 0.500 bits per heavy atom. The van der Waals surface area contributed by atoms with E-state index in [2.05, 4.69) is 174 Å². The maximum Gasteiger partial charge on any atom is 0.149 e. The summed E-state index contributed by atoms with van der Waals surface area (Å²) in [5.41, 5.74) is 13.8. The van der Waals surface area contributed by atoms with E-state index in [1.165, 1.54) is 5.56 Å². The van der Waals surface area contributed by atoms with Crippen LogP contribution in [0.25, 0.3) is 72.7 Å². The van der Waals surface area contributed by atoms with Crippen LogP contribution in [0.1, 0.15) is 52.7 Å². The number of aromatic hydroxyl groups is 1. The van der Waals surface area contributed by atoms with Crippen molar-refractivity contribution in [3.05, 3.63) is 169 Å². The fraction of sp³-hybridized carbons (Fsp3) is 0.160. The number of hydrogen-bond acceptors (Lipinski definition) is 3. The van der Waals surface area contributed by atoms with E-state index in [-0.39, 0.29) is 16.6 Å². The van der Waals surface area contributed by atoms with Crippen molar-refractivity contribution >= 4 is 11.0 Å². The van der Waals surface area contributed by atoms with Crippen LogP contribution in [0.5, 0.6) is 5.75 Å². The zero-order valence-electron chi connectivity index (χ0n) is 31.8. The number of imidazole rings is 1. The third kappa shape index (κ3) is 6.49. The van der Waals surface area contributed by atoms with Gasteiger partial charge in [-0.2, -0.15) is 0 Å². The molecule has 0 radical (unpaired) electrons. The lowest BCUT2D eigenvalue weighted by molar-refractivity contribution is 0.448. The normalized spacial score (nSPS) is 12.0. The Kier molecular flexibility index (Phi) is 8.78. The molecule has 8 rings (SSSR count). The number of phenols is 1. The lowest BCUT2D eigenvalue weighted by Crippen LogP contribution is -2.12. The maximum atomic E-state index is 12.0. The highest BCUT2D eigenvalue weighted by Gasteiger charge is 2.26. The van der Waals surface area contributed by atoms with Gasteiger partial charge in [-0.05, 0) is 86.7 Å². The molecule has 2 heterocycles. The largest absolute Gasteiger partial charge is 0.507 e. The van der Waals surface area contributed by atoms with Gasteiger partial charge >= 0.3 is 0 Å². The highest BCUT2D eigenvalue weighted by molar-refractivity contribution is 5.97. The summed E-state index contributed by atoms with van der Waals surface area (Å²) in [6, 6.07) is 52.9. The third-order valence-electron chi connectivity index (χ3n) is 10.3. The molecule has 6 aromatic carbocycles. The number of benzene rings is 6. The second-order valence-corrected chi connectivity index (χ2v) is 16.1. The van der Waals surface area contributed by atoms with Crippen LogP contribution >= 0.6 is 0 Å². The van der Waals surface area contributed by atoms with Gasteiger partial charge in [0.15, 0.2) is 0 Å². The Balaban J connectivity index is 1.38. The Bertz CT molecular complexity index is 2620. The van der Waals surface area contributed by atoms with Crippen molar-refractivity contribution < 1.29 is 5.11 Å². The summed E-state index contributed by atoms with van der Waals surface area (Å²) in [5.74, 6) is 0.942. The summed E-state index contributed by atoms with van der Waals surface area (Å²) >= 11 is 0. The minimum absolute atomic E-state index is 0.0468. The van der Waals surface area contributed by atoms with Gasteiger partial charge in [-0.3, -0.25) is 9.55 Å². The highest BCUT2D eigenvalue weighted by atomic mass is 16.3. The summed E-state index contributed by atoms with van der Waals surface area (Å²) < 4.78 is 2.24. The minimum Gasteiger partial charge on any atom is -0.507 e. The van der Waals surface area contributed by atoms with Gasteiger partial charge in [0.25, 0.3) is 0 Å². The average molecular weight is 704 g/mol. The van der Waals surface area contributed by atoms with E-state index in [1.54, 1.807) is 0 Å². The molecule has 54 heavy (non-hydrogen) atoms. The molecule has 0 spiro atoms. The molecule has 266 valence electrons. The molecule has 0 aliphatic rings. The predicted molar refractivity (Wildman–Crippen MR) is 225 cm³/mol. The predicted octanol–water partition coefficient (Wildman–Crippen LogP) is 13.1. The van der Waals surface area contributed by atoms with Crippen LogP contribution in [0.15, 0.2) is 158 Å². The first-order valence-corrected chi connectivity index (χ1v) is 18.6. The van der Waals surface area contributed by atoms with Crippen LogP contribution in [0.4, 0.5) is 0 Å². The minimum atomic E-state index is -0.266. The Labute approximate surface area is 318 Å². The van der Waals surface area contributed by atoms with Crippen molar-refractivity contribution in [3.8, 4) is 67.5 Å². The van der Waals surface area contributed by atoms with Gasteiger partial charge in [0.05, 0.1) is 28.0 Å². The lowest BCUT2D eigenvalue weighted by atomic mass is 9.84. The third-order valence-corrected chi connectivity index (χ3v) is 10.3. The zero-order valence-corrected chi connectivity index (χ0v) is 31.8. The van der Waals surface area contributed by atoms with E-state index in [0.29, 0.717) is 11.4 Å². The van der Waals surface area contributed by atoms with Crippen LogP contribution < -0.4 is 0 Å². The highest BCUT2D eigenvalue weighted by Crippen LogP contribution is 2.44. The van der Waals surface area contributed by atoms with Gasteiger partial charge in [0.1, 0.15) is 11.6 Å². The molecule has 2 aromatic heterocycles. The van der Waals surface area contributed by atoms with Crippen molar-refractivity contribution in [3.63, 3.8) is 0 Å². The molecule has 0 aliphatic carbocycles. The second kappa shape index (κ2) is 13.6. The second-order valence-electron chi connectivity index (χ2n) is 16.1. The molecular formula is C50H45N3O. The van der Waals surface area contributed by atoms with E-state index < -0.39 is 0 Å². The zero-order chi connectivity index (χ0) is 37.6. The molecule has 0 atom stereocenters. The van der Waals surface area contributed by atoms with Gasteiger partial charge in [0.2, 0.25) is 0 Å². The summed E-state index contributed by atoms with van der Waals surface area (Å²) in [7, 11) is 0. The summed E-state index contributed by atoms with van der Waals surface area (Å²) in [5, 5.41) is 12.0. The molecule has 0 bridgehead atoms. The van der Waals surface area contributed by atoms with E-state index in [9.17, 15) is 5.11 Å².